The molecule has 7 nitrogen and oxygen atoms in total. The average Bonchev–Trinajstić information content (AvgIpc) is 3.39. The lowest BCUT2D eigenvalue weighted by Crippen LogP contribution is -2.66. The molecule has 2 fully saturated rings. The van der Waals surface area contributed by atoms with Crippen LogP contribution in [0.5, 0.6) is 0 Å². The lowest BCUT2D eigenvalue weighted by Gasteiger charge is -2.43. The number of carbonyl (C=O) groups is 2. The highest BCUT2D eigenvalue weighted by Gasteiger charge is 2.50. The lowest BCUT2D eigenvalue weighted by atomic mass is 9.94. The zero-order valence-corrected chi connectivity index (χ0v) is 47.2. The number of benzene rings is 2. The highest BCUT2D eigenvalue weighted by atomic mass is 28.4. The number of carbonyl (C=O) groups excluding carboxylic acids is 2. The highest BCUT2D eigenvalue weighted by molar-refractivity contribution is 6.99. The van der Waals surface area contributed by atoms with Gasteiger partial charge in [0.2, 0.25) is 0 Å². The molecule has 0 heterocycles. The predicted molar refractivity (Wildman–Crippen MR) is 301 cm³/mol. The molecule has 2 aliphatic carbocycles. The van der Waals surface area contributed by atoms with Gasteiger partial charge in [-0.2, -0.15) is 0 Å². The second-order valence-electron chi connectivity index (χ2n) is 22.8. The number of esters is 2. The van der Waals surface area contributed by atoms with E-state index < -0.39 is 8.32 Å². The van der Waals surface area contributed by atoms with Gasteiger partial charge in [-0.3, -0.25) is 9.59 Å². The van der Waals surface area contributed by atoms with Crippen molar-refractivity contribution in [2.75, 3.05) is 39.6 Å². The molecule has 0 aliphatic heterocycles. The summed E-state index contributed by atoms with van der Waals surface area (Å²) in [4.78, 5) is 26.6. The summed E-state index contributed by atoms with van der Waals surface area (Å²) in [5.41, 5.74) is 0. The maximum atomic E-state index is 13.3. The van der Waals surface area contributed by atoms with Gasteiger partial charge in [0.25, 0.3) is 8.32 Å². The summed E-state index contributed by atoms with van der Waals surface area (Å²) in [7, 11) is -2.60. The molecule has 0 aromatic heterocycles. The molecule has 0 amide bonds. The molecule has 71 heavy (non-hydrogen) atoms. The summed E-state index contributed by atoms with van der Waals surface area (Å²) in [6, 6.07) is 22.1. The molecule has 2 aliphatic rings. The Balaban J connectivity index is 1.22. The van der Waals surface area contributed by atoms with E-state index in [4.69, 9.17) is 18.6 Å². The molecular formula is C63H107NO6Si. The predicted octanol–water partition coefficient (Wildman–Crippen LogP) is 15.9. The molecule has 0 bridgehead atoms. The van der Waals surface area contributed by atoms with Gasteiger partial charge in [-0.05, 0) is 66.8 Å². The topological polar surface area (TPSA) is 83.1 Å². The van der Waals surface area contributed by atoms with Crippen LogP contribution in [0.15, 0.2) is 60.7 Å². The van der Waals surface area contributed by atoms with Crippen molar-refractivity contribution < 1.29 is 28.2 Å². The molecule has 2 aromatic carbocycles. The molecule has 0 saturated heterocycles. The van der Waals surface area contributed by atoms with Crippen LogP contribution in [-0.4, -0.2) is 65.9 Å². The zero-order valence-electron chi connectivity index (χ0n) is 46.2. The highest BCUT2D eigenvalue weighted by Crippen LogP contribution is 2.36. The lowest BCUT2D eigenvalue weighted by molar-refractivity contribution is -0.150. The van der Waals surface area contributed by atoms with Crippen LogP contribution in [0.3, 0.4) is 0 Å². The summed E-state index contributed by atoms with van der Waals surface area (Å²) in [6.07, 6.45) is 43.6. The first-order chi connectivity index (χ1) is 34.8. The zero-order chi connectivity index (χ0) is 50.3. The molecule has 0 spiro atoms. The molecular weight excluding hydrogens is 895 g/mol. The van der Waals surface area contributed by atoms with E-state index in [-0.39, 0.29) is 28.8 Å². The van der Waals surface area contributed by atoms with Gasteiger partial charge >= 0.3 is 11.9 Å². The maximum absolute atomic E-state index is 13.3. The third kappa shape index (κ3) is 26.0. The van der Waals surface area contributed by atoms with E-state index >= 15 is 0 Å². The first-order valence-electron chi connectivity index (χ1n) is 30.2. The number of nitrogens with one attached hydrogen (secondary N) is 1. The molecule has 0 atom stereocenters. The Morgan fingerprint density at radius 2 is 0.817 bits per heavy atom. The van der Waals surface area contributed by atoms with Crippen molar-refractivity contribution in [3.8, 4) is 0 Å². The molecule has 2 aromatic rings. The van der Waals surface area contributed by atoms with E-state index in [9.17, 15) is 9.59 Å². The third-order valence-corrected chi connectivity index (χ3v) is 20.9. The minimum atomic E-state index is -2.60. The van der Waals surface area contributed by atoms with Crippen LogP contribution < -0.4 is 15.7 Å². The van der Waals surface area contributed by atoms with E-state index in [0.717, 1.165) is 109 Å². The van der Waals surface area contributed by atoms with Crippen molar-refractivity contribution in [3.63, 3.8) is 0 Å². The summed E-state index contributed by atoms with van der Waals surface area (Å²) in [6.45, 7) is 10.6. The molecule has 0 radical (unpaired) electrons. The van der Waals surface area contributed by atoms with Gasteiger partial charge < -0.3 is 24.0 Å². The van der Waals surface area contributed by atoms with Crippen LogP contribution in [0.4, 0.5) is 0 Å². The second-order valence-corrected chi connectivity index (χ2v) is 27.1. The van der Waals surface area contributed by atoms with Gasteiger partial charge in [0.05, 0.1) is 44.9 Å². The first kappa shape index (κ1) is 61.0. The number of unbranched alkanes of at least 4 members (excludes halogenated alkanes) is 4. The minimum absolute atomic E-state index is 0.0545. The molecule has 4 rings (SSSR count). The summed E-state index contributed by atoms with van der Waals surface area (Å²) in [5.74, 6) is 0.259. The van der Waals surface area contributed by atoms with E-state index in [0.29, 0.717) is 39.1 Å². The van der Waals surface area contributed by atoms with Crippen LogP contribution in [-0.2, 0) is 28.2 Å². The van der Waals surface area contributed by atoms with E-state index in [1.54, 1.807) is 0 Å². The Labute approximate surface area is 437 Å². The van der Waals surface area contributed by atoms with Crippen molar-refractivity contribution in [3.05, 3.63) is 60.7 Å². The van der Waals surface area contributed by atoms with Crippen molar-refractivity contribution >= 4 is 30.6 Å². The summed E-state index contributed by atoms with van der Waals surface area (Å²) < 4.78 is 25.3. The normalized spacial score (nSPS) is 18.1. The first-order valence-corrected chi connectivity index (χ1v) is 32.1. The van der Waals surface area contributed by atoms with Gasteiger partial charge in [-0.15, -0.1) is 0 Å². The Hall–Kier alpha value is -2.52. The number of rotatable bonds is 24. The smallest absolute Gasteiger partial charge is 0.308 e. The number of hydrogen-bond donors (Lipinski definition) is 1. The second kappa shape index (κ2) is 39.0. The standard InChI is InChI=1S/C63H107NO6Si/c1-63(2,3)71(59-46-34-24-35-47-59,60-48-36-25-37-49-60)70-55-54-67-53-50-64-58(44-32-26-38-51-68-61(65)56-40-28-20-16-12-8-4-5-9-13-17-21-29-41-56)45-33-27-39-52-69-62(66)57-42-30-22-18-14-10-6-7-11-15-19-23-31-43-57/h24-25,34-37,46-49,56-58,64H,4-23,26-33,38-45,50-55H2,1-3H3. The summed E-state index contributed by atoms with van der Waals surface area (Å²) >= 11 is 0. The molecule has 8 heteroatoms. The van der Waals surface area contributed by atoms with Gasteiger partial charge in [0.15, 0.2) is 0 Å². The SMILES string of the molecule is CC(C)(C)[Si](OCCOCCNC(CCCCCOC(=O)C1CCCCCCCCCCCCCC1)CCCCCOC(=O)C1CCCCCCCCCCCCCC1)(c1ccccc1)c1ccccc1. The third-order valence-electron chi connectivity index (χ3n) is 15.9. The Morgan fingerprint density at radius 1 is 0.465 bits per heavy atom. The average molecular weight is 1000 g/mol. The van der Waals surface area contributed by atoms with E-state index in [1.165, 1.54) is 139 Å². The van der Waals surface area contributed by atoms with E-state index in [2.05, 4.69) is 86.8 Å². The van der Waals surface area contributed by atoms with Gasteiger partial charge in [0, 0.05) is 12.6 Å². The fraction of sp³-hybridized carbons (Fsp3) is 0.778. The van der Waals surface area contributed by atoms with Gasteiger partial charge in [-0.25, -0.2) is 0 Å². The number of ether oxygens (including phenoxy) is 3. The molecule has 1 N–H and O–H groups in total. The van der Waals surface area contributed by atoms with Crippen LogP contribution >= 0.6 is 0 Å². The van der Waals surface area contributed by atoms with Crippen LogP contribution in [0.25, 0.3) is 0 Å². The Bertz CT molecular complexity index is 1450. The molecule has 2 saturated carbocycles. The van der Waals surface area contributed by atoms with Crippen molar-refractivity contribution in [1.29, 1.82) is 0 Å². The molecule has 404 valence electrons. The van der Waals surface area contributed by atoms with Crippen molar-refractivity contribution in [2.45, 2.75) is 263 Å². The van der Waals surface area contributed by atoms with Crippen molar-refractivity contribution in [1.82, 2.24) is 5.32 Å². The maximum Gasteiger partial charge on any atom is 0.308 e. The Morgan fingerprint density at radius 3 is 1.17 bits per heavy atom. The van der Waals surface area contributed by atoms with Crippen LogP contribution in [0.2, 0.25) is 5.04 Å². The fourth-order valence-corrected chi connectivity index (χ4v) is 16.1. The minimum Gasteiger partial charge on any atom is -0.465 e. The fourth-order valence-electron chi connectivity index (χ4n) is 11.6. The van der Waals surface area contributed by atoms with Gasteiger partial charge in [0.1, 0.15) is 0 Å². The Kier molecular flexibility index (Phi) is 33.5. The molecule has 0 unspecified atom stereocenters. The number of hydrogen-bond acceptors (Lipinski definition) is 7. The van der Waals surface area contributed by atoms with Crippen molar-refractivity contribution in [2.24, 2.45) is 11.8 Å². The quantitative estimate of drug-likeness (QED) is 0.0637. The largest absolute Gasteiger partial charge is 0.465 e. The van der Waals surface area contributed by atoms with Crippen LogP contribution in [0, 0.1) is 11.8 Å². The monoisotopic (exact) mass is 1000 g/mol. The summed E-state index contributed by atoms with van der Waals surface area (Å²) in [5, 5.41) is 6.37. The van der Waals surface area contributed by atoms with Crippen LogP contribution in [0.1, 0.15) is 252 Å². The van der Waals surface area contributed by atoms with Gasteiger partial charge in [-0.1, -0.05) is 261 Å². The van der Waals surface area contributed by atoms with E-state index in [1.807, 2.05) is 0 Å².